The Morgan fingerprint density at radius 3 is 2.61 bits per heavy atom. The van der Waals surface area contributed by atoms with Crippen molar-refractivity contribution in [3.05, 3.63) is 59.4 Å². The van der Waals surface area contributed by atoms with E-state index < -0.39 is 0 Å². The van der Waals surface area contributed by atoms with Crippen molar-refractivity contribution in [2.75, 3.05) is 10.6 Å². The molecule has 0 aliphatic heterocycles. The summed E-state index contributed by atoms with van der Waals surface area (Å²) in [6.07, 6.45) is 4.24. The molecule has 0 aliphatic rings. The molecule has 7 heteroatoms. The second-order valence-corrected chi connectivity index (χ2v) is 5.60. The molecule has 3 aromatic rings. The summed E-state index contributed by atoms with van der Waals surface area (Å²) in [6, 6.07) is 9.50. The molecule has 0 atom stereocenters. The second kappa shape index (κ2) is 6.97. The van der Waals surface area contributed by atoms with Gasteiger partial charge in [0.1, 0.15) is 5.69 Å². The van der Waals surface area contributed by atoms with E-state index in [2.05, 4.69) is 32.5 Å². The number of benzene rings is 1. The Bertz CT molecular complexity index is 786. The van der Waals surface area contributed by atoms with Gasteiger partial charge in [0.05, 0.1) is 0 Å². The van der Waals surface area contributed by atoms with E-state index in [-0.39, 0.29) is 5.91 Å². The molecular weight excluding hydrogens is 310 g/mol. The molecule has 1 aromatic carbocycles. The molecule has 3 rings (SSSR count). The normalized spacial score (nSPS) is 10.3. The third-order valence-electron chi connectivity index (χ3n) is 3.14. The van der Waals surface area contributed by atoms with E-state index in [0.29, 0.717) is 16.8 Å². The molecule has 0 aliphatic carbocycles. The smallest absolute Gasteiger partial charge is 0.275 e. The number of aromatic nitrogens is 3. The number of anilines is 3. The summed E-state index contributed by atoms with van der Waals surface area (Å²) in [7, 11) is 0. The number of hydrogen-bond donors (Lipinski definition) is 2. The van der Waals surface area contributed by atoms with E-state index in [1.165, 1.54) is 16.9 Å². The Morgan fingerprint density at radius 1 is 1.17 bits per heavy atom. The molecule has 2 heterocycles. The van der Waals surface area contributed by atoms with Gasteiger partial charge in [-0.25, -0.2) is 15.0 Å². The number of rotatable bonds is 5. The molecule has 0 spiro atoms. The van der Waals surface area contributed by atoms with E-state index in [9.17, 15) is 4.79 Å². The van der Waals surface area contributed by atoms with Gasteiger partial charge >= 0.3 is 0 Å². The van der Waals surface area contributed by atoms with Crippen molar-refractivity contribution in [1.29, 1.82) is 0 Å². The average Bonchev–Trinajstić information content (AvgIpc) is 3.05. The van der Waals surface area contributed by atoms with Gasteiger partial charge in [-0.1, -0.05) is 19.1 Å². The third-order valence-corrected chi connectivity index (χ3v) is 3.90. The number of nitrogens with one attached hydrogen (secondary N) is 2. The lowest BCUT2D eigenvalue weighted by Crippen LogP contribution is -2.12. The van der Waals surface area contributed by atoms with Crippen LogP contribution in [-0.2, 0) is 6.42 Å². The van der Waals surface area contributed by atoms with Crippen LogP contribution in [0, 0.1) is 0 Å². The highest BCUT2D eigenvalue weighted by molar-refractivity contribution is 7.14. The van der Waals surface area contributed by atoms with Gasteiger partial charge in [0.2, 0.25) is 5.95 Å². The SMILES string of the molecule is CCc1ccc(NC(=O)c2csc(Nc3ncccn3)n2)cc1. The Hall–Kier alpha value is -2.80. The van der Waals surface area contributed by atoms with Crippen LogP contribution in [0.2, 0.25) is 0 Å². The lowest BCUT2D eigenvalue weighted by atomic mass is 10.1. The summed E-state index contributed by atoms with van der Waals surface area (Å²) in [4.78, 5) is 24.6. The van der Waals surface area contributed by atoms with Crippen molar-refractivity contribution in [3.63, 3.8) is 0 Å². The van der Waals surface area contributed by atoms with Crippen LogP contribution >= 0.6 is 11.3 Å². The van der Waals surface area contributed by atoms with Crippen LogP contribution in [0.15, 0.2) is 48.1 Å². The standard InChI is InChI=1S/C16H15N5OS/c1-2-11-4-6-12(7-5-11)19-14(22)13-10-23-16(20-13)21-15-17-8-3-9-18-15/h3-10H,2H2,1H3,(H,19,22)(H,17,18,20,21). The van der Waals surface area contributed by atoms with Gasteiger partial charge in [-0.15, -0.1) is 11.3 Å². The van der Waals surface area contributed by atoms with Crippen LogP contribution in [0.4, 0.5) is 16.8 Å². The van der Waals surface area contributed by atoms with Crippen molar-refractivity contribution >= 4 is 34.0 Å². The average molecular weight is 325 g/mol. The number of carbonyl (C=O) groups is 1. The second-order valence-electron chi connectivity index (χ2n) is 4.74. The minimum atomic E-state index is -0.243. The molecule has 0 bridgehead atoms. The van der Waals surface area contributed by atoms with Crippen LogP contribution < -0.4 is 10.6 Å². The molecule has 0 fully saturated rings. The van der Waals surface area contributed by atoms with E-state index in [1.54, 1.807) is 23.8 Å². The zero-order valence-corrected chi connectivity index (χ0v) is 13.3. The van der Waals surface area contributed by atoms with Crippen molar-refractivity contribution in [2.45, 2.75) is 13.3 Å². The van der Waals surface area contributed by atoms with Crippen molar-refractivity contribution in [3.8, 4) is 0 Å². The number of aryl methyl sites for hydroxylation is 1. The number of hydrogen-bond acceptors (Lipinski definition) is 6. The molecule has 6 nitrogen and oxygen atoms in total. The first kappa shape index (κ1) is 15.1. The number of thiazole rings is 1. The van der Waals surface area contributed by atoms with Gasteiger partial charge in [-0.2, -0.15) is 0 Å². The summed E-state index contributed by atoms with van der Waals surface area (Å²) in [5.74, 6) is 0.205. The Morgan fingerprint density at radius 2 is 1.91 bits per heavy atom. The van der Waals surface area contributed by atoms with Gasteiger partial charge in [0.25, 0.3) is 5.91 Å². The monoisotopic (exact) mass is 325 g/mol. The molecule has 2 aromatic heterocycles. The summed E-state index contributed by atoms with van der Waals surface area (Å²) in [6.45, 7) is 2.09. The fourth-order valence-corrected chi connectivity index (χ4v) is 2.60. The van der Waals surface area contributed by atoms with Gasteiger partial charge in [0, 0.05) is 23.5 Å². The quantitative estimate of drug-likeness (QED) is 0.750. The first-order valence-electron chi connectivity index (χ1n) is 7.14. The molecule has 1 amide bonds. The van der Waals surface area contributed by atoms with Gasteiger partial charge in [-0.3, -0.25) is 4.79 Å². The summed E-state index contributed by atoms with van der Waals surface area (Å²) in [5, 5.41) is 8.06. The highest BCUT2D eigenvalue weighted by Gasteiger charge is 2.11. The van der Waals surface area contributed by atoms with E-state index in [4.69, 9.17) is 0 Å². The van der Waals surface area contributed by atoms with Crippen LogP contribution in [0.25, 0.3) is 0 Å². The third kappa shape index (κ3) is 3.89. The fourth-order valence-electron chi connectivity index (χ4n) is 1.91. The maximum absolute atomic E-state index is 12.2. The molecule has 0 saturated carbocycles. The summed E-state index contributed by atoms with van der Waals surface area (Å²) in [5.41, 5.74) is 2.33. The highest BCUT2D eigenvalue weighted by Crippen LogP contribution is 2.19. The Balaban J connectivity index is 1.66. The molecule has 2 N–H and O–H groups in total. The summed E-state index contributed by atoms with van der Waals surface area (Å²) < 4.78 is 0. The van der Waals surface area contributed by atoms with E-state index in [0.717, 1.165) is 12.1 Å². The van der Waals surface area contributed by atoms with Crippen LogP contribution in [0.1, 0.15) is 23.0 Å². The summed E-state index contributed by atoms with van der Waals surface area (Å²) >= 11 is 1.33. The zero-order valence-electron chi connectivity index (χ0n) is 12.5. The van der Waals surface area contributed by atoms with Gasteiger partial charge in [-0.05, 0) is 30.2 Å². The van der Waals surface area contributed by atoms with Crippen molar-refractivity contribution in [1.82, 2.24) is 15.0 Å². The first-order valence-corrected chi connectivity index (χ1v) is 8.02. The predicted octanol–water partition coefficient (Wildman–Crippen LogP) is 3.49. The van der Waals surface area contributed by atoms with E-state index in [1.807, 2.05) is 24.3 Å². The molecule has 0 saturated heterocycles. The largest absolute Gasteiger partial charge is 0.321 e. The van der Waals surface area contributed by atoms with Crippen LogP contribution in [0.3, 0.4) is 0 Å². The van der Waals surface area contributed by atoms with E-state index >= 15 is 0 Å². The number of carbonyl (C=O) groups excluding carboxylic acids is 1. The topological polar surface area (TPSA) is 79.8 Å². The lowest BCUT2D eigenvalue weighted by Gasteiger charge is -2.04. The van der Waals surface area contributed by atoms with Crippen molar-refractivity contribution in [2.24, 2.45) is 0 Å². The fraction of sp³-hybridized carbons (Fsp3) is 0.125. The van der Waals surface area contributed by atoms with Gasteiger partial charge in [0.15, 0.2) is 5.13 Å². The number of nitrogens with zero attached hydrogens (tertiary/aromatic N) is 3. The Labute approximate surface area is 137 Å². The lowest BCUT2D eigenvalue weighted by molar-refractivity contribution is 0.102. The predicted molar refractivity (Wildman–Crippen MR) is 91.2 cm³/mol. The highest BCUT2D eigenvalue weighted by atomic mass is 32.1. The van der Waals surface area contributed by atoms with Gasteiger partial charge < -0.3 is 10.6 Å². The molecule has 23 heavy (non-hydrogen) atoms. The molecule has 0 radical (unpaired) electrons. The maximum atomic E-state index is 12.2. The van der Waals surface area contributed by atoms with Crippen LogP contribution in [0.5, 0.6) is 0 Å². The number of amides is 1. The first-order chi connectivity index (χ1) is 11.2. The minimum Gasteiger partial charge on any atom is -0.321 e. The minimum absolute atomic E-state index is 0.243. The molecular formula is C16H15N5OS. The molecule has 116 valence electrons. The molecule has 0 unspecified atom stereocenters. The van der Waals surface area contributed by atoms with Crippen molar-refractivity contribution < 1.29 is 4.79 Å². The van der Waals surface area contributed by atoms with Crippen LogP contribution in [-0.4, -0.2) is 20.9 Å². The zero-order chi connectivity index (χ0) is 16.1. The Kier molecular flexibility index (Phi) is 4.58. The maximum Gasteiger partial charge on any atom is 0.275 e.